The smallest absolute Gasteiger partial charge is 0.113 e. The molecule has 1 rings (SSSR count). The fourth-order valence-corrected chi connectivity index (χ4v) is 2.23. The molecule has 1 atom stereocenters. The molecule has 0 aliphatic heterocycles. The number of nitrogens with two attached hydrogens (primary N) is 1. The zero-order valence-electron chi connectivity index (χ0n) is 7.87. The average molecular weight is 184 g/mol. The lowest BCUT2D eigenvalue weighted by molar-refractivity contribution is 0.305. The predicted octanol–water partition coefficient (Wildman–Crippen LogP) is 2.36. The van der Waals surface area contributed by atoms with E-state index < -0.39 is 0 Å². The molecule has 0 aliphatic rings. The van der Waals surface area contributed by atoms with Crippen molar-refractivity contribution in [1.82, 2.24) is 4.98 Å². The maximum absolute atomic E-state index is 6.25. The van der Waals surface area contributed by atoms with Crippen molar-refractivity contribution < 1.29 is 0 Å². The summed E-state index contributed by atoms with van der Waals surface area (Å²) in [4.78, 5) is 4.27. The minimum atomic E-state index is -0.228. The topological polar surface area (TPSA) is 38.9 Å². The summed E-state index contributed by atoms with van der Waals surface area (Å²) in [6.45, 7) is 6.40. The predicted molar refractivity (Wildman–Crippen MR) is 53.1 cm³/mol. The molecule has 2 nitrogen and oxygen atoms in total. The van der Waals surface area contributed by atoms with E-state index in [0.29, 0.717) is 5.92 Å². The van der Waals surface area contributed by atoms with Crippen LogP contribution in [-0.4, -0.2) is 4.98 Å². The minimum absolute atomic E-state index is 0.228. The molecule has 1 unspecified atom stereocenters. The molecule has 0 fully saturated rings. The molecular formula is C9H16N2S. The Kier molecular flexibility index (Phi) is 2.85. The zero-order chi connectivity index (χ0) is 9.19. The van der Waals surface area contributed by atoms with Gasteiger partial charge in [0, 0.05) is 11.6 Å². The van der Waals surface area contributed by atoms with E-state index >= 15 is 0 Å². The van der Waals surface area contributed by atoms with E-state index in [1.54, 1.807) is 11.3 Å². The molecule has 12 heavy (non-hydrogen) atoms. The third-order valence-corrected chi connectivity index (χ3v) is 3.41. The Hall–Kier alpha value is -0.410. The fourth-order valence-electron chi connectivity index (χ4n) is 1.26. The van der Waals surface area contributed by atoms with Gasteiger partial charge in [-0.05, 0) is 12.3 Å². The van der Waals surface area contributed by atoms with Crippen LogP contribution in [0.25, 0.3) is 0 Å². The largest absolute Gasteiger partial charge is 0.319 e. The summed E-state index contributed by atoms with van der Waals surface area (Å²) in [5.74, 6) is 0.439. The monoisotopic (exact) mass is 184 g/mol. The summed E-state index contributed by atoms with van der Waals surface area (Å²) in [6, 6.07) is 0. The Bertz CT molecular complexity index is 231. The van der Waals surface area contributed by atoms with Crippen LogP contribution in [0.5, 0.6) is 0 Å². The van der Waals surface area contributed by atoms with Crippen molar-refractivity contribution in [2.75, 3.05) is 0 Å². The molecule has 3 heteroatoms. The van der Waals surface area contributed by atoms with Crippen LogP contribution in [0, 0.1) is 5.92 Å². The summed E-state index contributed by atoms with van der Waals surface area (Å²) in [6.07, 6.45) is 2.76. The van der Waals surface area contributed by atoms with Gasteiger partial charge in [-0.2, -0.15) is 0 Å². The van der Waals surface area contributed by atoms with E-state index in [9.17, 15) is 0 Å². The molecule has 2 N–H and O–H groups in total. The fraction of sp³-hybridized carbons (Fsp3) is 0.667. The molecule has 0 saturated heterocycles. The lowest BCUT2D eigenvalue weighted by Crippen LogP contribution is -2.41. The highest BCUT2D eigenvalue weighted by atomic mass is 32.1. The van der Waals surface area contributed by atoms with Gasteiger partial charge in [0.05, 0.1) is 5.54 Å². The van der Waals surface area contributed by atoms with E-state index in [4.69, 9.17) is 5.73 Å². The lowest BCUT2D eigenvalue weighted by Gasteiger charge is -2.30. The summed E-state index contributed by atoms with van der Waals surface area (Å²) in [7, 11) is 0. The summed E-state index contributed by atoms with van der Waals surface area (Å²) in [5, 5.41) is 3.04. The number of nitrogens with zero attached hydrogens (tertiary/aromatic N) is 1. The molecular weight excluding hydrogens is 168 g/mol. The number of hydrogen-bond donors (Lipinski definition) is 1. The van der Waals surface area contributed by atoms with Gasteiger partial charge in [-0.3, -0.25) is 0 Å². The lowest BCUT2D eigenvalue weighted by atomic mass is 9.86. The van der Waals surface area contributed by atoms with Crippen molar-refractivity contribution >= 4 is 11.3 Å². The van der Waals surface area contributed by atoms with Crippen LogP contribution >= 0.6 is 11.3 Å². The first-order valence-electron chi connectivity index (χ1n) is 4.30. The van der Waals surface area contributed by atoms with Crippen molar-refractivity contribution in [3.05, 3.63) is 16.6 Å². The Morgan fingerprint density at radius 3 is 2.67 bits per heavy atom. The van der Waals surface area contributed by atoms with Crippen LogP contribution in [0.2, 0.25) is 0 Å². The Morgan fingerprint density at radius 1 is 1.67 bits per heavy atom. The van der Waals surface area contributed by atoms with E-state index in [-0.39, 0.29) is 5.54 Å². The molecule has 68 valence electrons. The van der Waals surface area contributed by atoms with Crippen LogP contribution in [0.4, 0.5) is 0 Å². The maximum Gasteiger partial charge on any atom is 0.113 e. The van der Waals surface area contributed by atoms with Crippen molar-refractivity contribution in [2.45, 2.75) is 32.7 Å². The molecule has 0 spiro atoms. The molecule has 0 aromatic carbocycles. The second-order valence-electron chi connectivity index (χ2n) is 3.39. The summed E-state index contributed by atoms with van der Waals surface area (Å²) >= 11 is 1.65. The number of thiazole rings is 1. The van der Waals surface area contributed by atoms with Gasteiger partial charge in [-0.25, -0.2) is 4.98 Å². The molecule has 1 aromatic rings. The van der Waals surface area contributed by atoms with Crippen LogP contribution in [-0.2, 0) is 5.54 Å². The standard InChI is InChI=1S/C9H16N2S/c1-4-9(10,7(2)3)8-11-5-6-12-8/h5-7H,4,10H2,1-3H3. The Labute approximate surface area is 77.8 Å². The number of hydrogen-bond acceptors (Lipinski definition) is 3. The molecule has 0 amide bonds. The van der Waals surface area contributed by atoms with Gasteiger partial charge in [0.1, 0.15) is 5.01 Å². The summed E-state index contributed by atoms with van der Waals surface area (Å²) in [5.41, 5.74) is 6.03. The third-order valence-electron chi connectivity index (χ3n) is 2.45. The molecule has 1 heterocycles. The van der Waals surface area contributed by atoms with Crippen molar-refractivity contribution in [3.63, 3.8) is 0 Å². The van der Waals surface area contributed by atoms with Crippen LogP contribution in [0.3, 0.4) is 0 Å². The second kappa shape index (κ2) is 3.54. The van der Waals surface area contributed by atoms with Gasteiger partial charge in [0.2, 0.25) is 0 Å². The second-order valence-corrected chi connectivity index (χ2v) is 4.28. The van der Waals surface area contributed by atoms with Crippen LogP contribution < -0.4 is 5.73 Å². The van der Waals surface area contributed by atoms with Gasteiger partial charge in [0.15, 0.2) is 0 Å². The quantitative estimate of drug-likeness (QED) is 0.783. The van der Waals surface area contributed by atoms with E-state index in [1.807, 2.05) is 11.6 Å². The molecule has 0 aliphatic carbocycles. The third kappa shape index (κ3) is 1.52. The highest BCUT2D eigenvalue weighted by molar-refractivity contribution is 7.09. The first kappa shape index (κ1) is 9.68. The van der Waals surface area contributed by atoms with E-state index in [1.165, 1.54) is 0 Å². The molecule has 0 radical (unpaired) electrons. The number of aromatic nitrogens is 1. The maximum atomic E-state index is 6.25. The van der Waals surface area contributed by atoms with Crippen molar-refractivity contribution in [2.24, 2.45) is 11.7 Å². The first-order valence-corrected chi connectivity index (χ1v) is 5.18. The van der Waals surface area contributed by atoms with E-state index in [0.717, 1.165) is 11.4 Å². The first-order chi connectivity index (χ1) is 5.61. The molecule has 1 aromatic heterocycles. The number of rotatable bonds is 3. The van der Waals surface area contributed by atoms with Gasteiger partial charge in [-0.1, -0.05) is 20.8 Å². The Morgan fingerprint density at radius 2 is 2.33 bits per heavy atom. The Balaban J connectivity index is 2.96. The van der Waals surface area contributed by atoms with Crippen molar-refractivity contribution in [1.29, 1.82) is 0 Å². The van der Waals surface area contributed by atoms with E-state index in [2.05, 4.69) is 25.8 Å². The summed E-state index contributed by atoms with van der Waals surface area (Å²) < 4.78 is 0. The van der Waals surface area contributed by atoms with Crippen molar-refractivity contribution in [3.8, 4) is 0 Å². The molecule has 0 bridgehead atoms. The van der Waals surface area contributed by atoms with Crippen LogP contribution in [0.1, 0.15) is 32.2 Å². The van der Waals surface area contributed by atoms with Gasteiger partial charge < -0.3 is 5.73 Å². The van der Waals surface area contributed by atoms with Gasteiger partial charge >= 0.3 is 0 Å². The average Bonchev–Trinajstić information content (AvgIpc) is 2.54. The van der Waals surface area contributed by atoms with Crippen LogP contribution in [0.15, 0.2) is 11.6 Å². The minimum Gasteiger partial charge on any atom is -0.319 e. The van der Waals surface area contributed by atoms with Gasteiger partial charge in [0.25, 0.3) is 0 Å². The zero-order valence-corrected chi connectivity index (χ0v) is 8.69. The van der Waals surface area contributed by atoms with Gasteiger partial charge in [-0.15, -0.1) is 11.3 Å². The molecule has 0 saturated carbocycles. The normalized spacial score (nSPS) is 16.4. The highest BCUT2D eigenvalue weighted by Gasteiger charge is 2.31. The SMILES string of the molecule is CCC(N)(c1nccs1)C(C)C. The highest BCUT2D eigenvalue weighted by Crippen LogP contribution is 2.31.